The normalized spacial score (nSPS) is 16.3. The van der Waals surface area contributed by atoms with Crippen LogP contribution in [-0.2, 0) is 9.59 Å². The van der Waals surface area contributed by atoms with E-state index in [1.807, 2.05) is 0 Å². The molecule has 1 fully saturated rings. The van der Waals surface area contributed by atoms with Gasteiger partial charge in [0.25, 0.3) is 0 Å². The lowest BCUT2D eigenvalue weighted by atomic mass is 9.99. The fourth-order valence-electron chi connectivity index (χ4n) is 2.46. The number of piperidine rings is 1. The van der Waals surface area contributed by atoms with Gasteiger partial charge in [0.1, 0.15) is 5.88 Å². The van der Waals surface area contributed by atoms with Gasteiger partial charge in [-0.3, -0.25) is 14.5 Å². The molecule has 2 amide bonds. The van der Waals surface area contributed by atoms with E-state index < -0.39 is 0 Å². The van der Waals surface area contributed by atoms with Crippen molar-refractivity contribution in [2.75, 3.05) is 36.1 Å². The third-order valence-corrected chi connectivity index (χ3v) is 4.06. The summed E-state index contributed by atoms with van der Waals surface area (Å²) in [5, 5.41) is 5.53. The predicted octanol–water partition coefficient (Wildman–Crippen LogP) is 2.53. The molecule has 0 spiro atoms. The molecule has 2 N–H and O–H groups in total. The quantitative estimate of drug-likeness (QED) is 0.819. The molecule has 1 aromatic rings. The maximum Gasteiger partial charge on any atom is 0.239 e. The third-order valence-electron chi connectivity index (χ3n) is 3.82. The number of benzene rings is 1. The van der Waals surface area contributed by atoms with Gasteiger partial charge in [0, 0.05) is 11.4 Å². The largest absolute Gasteiger partial charge is 0.325 e. The topological polar surface area (TPSA) is 61.4 Å². The Balaban J connectivity index is 1.80. The number of hydrogen-bond acceptors (Lipinski definition) is 3. The first kappa shape index (κ1) is 16.8. The fraction of sp³-hybridized carbons (Fsp3) is 0.500. The standard InChI is InChI=1S/C16H22ClN3O2/c1-12-6-8-20(9-7-12)11-16(22)19-14-4-2-13(3-5-14)18-15(21)10-17/h2-5,12H,6-11H2,1H3,(H,18,21)(H,19,22). The van der Waals surface area contributed by atoms with Crippen LogP contribution in [0.2, 0.25) is 0 Å². The van der Waals surface area contributed by atoms with Gasteiger partial charge in [-0.2, -0.15) is 0 Å². The van der Waals surface area contributed by atoms with Gasteiger partial charge in [-0.05, 0) is 56.1 Å². The number of rotatable bonds is 5. The lowest BCUT2D eigenvalue weighted by molar-refractivity contribution is -0.117. The zero-order valence-electron chi connectivity index (χ0n) is 12.8. The Bertz CT molecular complexity index is 511. The Morgan fingerprint density at radius 1 is 1.09 bits per heavy atom. The van der Waals surface area contributed by atoms with Crippen LogP contribution in [0.1, 0.15) is 19.8 Å². The summed E-state index contributed by atoms with van der Waals surface area (Å²) in [7, 11) is 0. The van der Waals surface area contributed by atoms with E-state index in [-0.39, 0.29) is 17.7 Å². The zero-order chi connectivity index (χ0) is 15.9. The minimum absolute atomic E-state index is 0.00732. The third kappa shape index (κ3) is 5.31. The number of likely N-dealkylation sites (tertiary alicyclic amines) is 1. The minimum Gasteiger partial charge on any atom is -0.325 e. The molecular weight excluding hydrogens is 302 g/mol. The highest BCUT2D eigenvalue weighted by molar-refractivity contribution is 6.29. The van der Waals surface area contributed by atoms with E-state index >= 15 is 0 Å². The van der Waals surface area contributed by atoms with Crippen LogP contribution >= 0.6 is 11.6 Å². The van der Waals surface area contributed by atoms with E-state index in [4.69, 9.17) is 11.6 Å². The van der Waals surface area contributed by atoms with E-state index in [1.54, 1.807) is 24.3 Å². The minimum atomic E-state index is -0.252. The number of anilines is 2. The Kier molecular flexibility index (Phi) is 6.21. The molecule has 22 heavy (non-hydrogen) atoms. The maximum atomic E-state index is 12.0. The Labute approximate surface area is 136 Å². The first-order valence-corrected chi connectivity index (χ1v) is 8.08. The summed E-state index contributed by atoms with van der Waals surface area (Å²) in [6.07, 6.45) is 2.31. The molecule has 1 heterocycles. The summed E-state index contributed by atoms with van der Waals surface area (Å²) < 4.78 is 0. The second-order valence-electron chi connectivity index (χ2n) is 5.77. The molecule has 0 radical (unpaired) electrons. The summed E-state index contributed by atoms with van der Waals surface area (Å²) in [6.45, 7) is 4.65. The van der Waals surface area contributed by atoms with E-state index in [1.165, 1.54) is 0 Å². The van der Waals surface area contributed by atoms with Crippen molar-refractivity contribution in [3.05, 3.63) is 24.3 Å². The SMILES string of the molecule is CC1CCN(CC(=O)Nc2ccc(NC(=O)CCl)cc2)CC1. The summed E-state index contributed by atoms with van der Waals surface area (Å²) >= 11 is 5.43. The van der Waals surface area contributed by atoms with Gasteiger partial charge in [0.15, 0.2) is 0 Å². The van der Waals surface area contributed by atoms with Crippen LogP contribution in [0.15, 0.2) is 24.3 Å². The average molecular weight is 324 g/mol. The molecule has 0 saturated carbocycles. The van der Waals surface area contributed by atoms with E-state index in [9.17, 15) is 9.59 Å². The van der Waals surface area contributed by atoms with E-state index in [0.717, 1.165) is 37.5 Å². The van der Waals surface area contributed by atoms with Crippen LogP contribution in [0.5, 0.6) is 0 Å². The predicted molar refractivity (Wildman–Crippen MR) is 89.3 cm³/mol. The highest BCUT2D eigenvalue weighted by Gasteiger charge is 2.17. The van der Waals surface area contributed by atoms with Crippen LogP contribution < -0.4 is 10.6 Å². The Hall–Kier alpha value is -1.59. The van der Waals surface area contributed by atoms with Gasteiger partial charge in [-0.25, -0.2) is 0 Å². The van der Waals surface area contributed by atoms with E-state index in [2.05, 4.69) is 22.5 Å². The molecule has 0 bridgehead atoms. The molecule has 0 unspecified atom stereocenters. The number of carbonyl (C=O) groups excluding carboxylic acids is 2. The molecule has 1 aliphatic rings. The molecule has 120 valence electrons. The Morgan fingerprint density at radius 3 is 2.09 bits per heavy atom. The molecule has 0 aromatic heterocycles. The lowest BCUT2D eigenvalue weighted by Gasteiger charge is -2.29. The summed E-state index contributed by atoms with van der Waals surface area (Å²) in [6, 6.07) is 7.01. The molecular formula is C16H22ClN3O2. The monoisotopic (exact) mass is 323 g/mol. The fourth-order valence-corrected chi connectivity index (χ4v) is 2.52. The first-order chi connectivity index (χ1) is 10.6. The average Bonchev–Trinajstić information content (AvgIpc) is 2.51. The molecule has 1 aliphatic heterocycles. The Morgan fingerprint density at radius 2 is 1.59 bits per heavy atom. The van der Waals surface area contributed by atoms with Crippen molar-refractivity contribution in [1.29, 1.82) is 0 Å². The van der Waals surface area contributed by atoms with Crippen LogP contribution in [0, 0.1) is 5.92 Å². The van der Waals surface area contributed by atoms with Crippen LogP contribution in [0.3, 0.4) is 0 Å². The lowest BCUT2D eigenvalue weighted by Crippen LogP contribution is -2.38. The van der Waals surface area contributed by atoms with Crippen LogP contribution in [-0.4, -0.2) is 42.2 Å². The maximum absolute atomic E-state index is 12.0. The summed E-state index contributed by atoms with van der Waals surface area (Å²) in [4.78, 5) is 25.4. The van der Waals surface area contributed by atoms with Crippen molar-refractivity contribution >= 4 is 34.8 Å². The zero-order valence-corrected chi connectivity index (χ0v) is 13.5. The number of nitrogens with one attached hydrogen (secondary N) is 2. The summed E-state index contributed by atoms with van der Waals surface area (Å²) in [5.74, 6) is 0.423. The first-order valence-electron chi connectivity index (χ1n) is 7.55. The van der Waals surface area contributed by atoms with Gasteiger partial charge in [-0.1, -0.05) is 6.92 Å². The van der Waals surface area contributed by atoms with Crippen molar-refractivity contribution < 1.29 is 9.59 Å². The van der Waals surface area contributed by atoms with Gasteiger partial charge >= 0.3 is 0 Å². The molecule has 0 aliphatic carbocycles. The number of hydrogen-bond donors (Lipinski definition) is 2. The van der Waals surface area contributed by atoms with Crippen molar-refractivity contribution in [3.8, 4) is 0 Å². The van der Waals surface area contributed by atoms with Crippen molar-refractivity contribution in [2.24, 2.45) is 5.92 Å². The number of halogens is 1. The highest BCUT2D eigenvalue weighted by Crippen LogP contribution is 2.16. The number of carbonyl (C=O) groups is 2. The van der Waals surface area contributed by atoms with E-state index in [0.29, 0.717) is 12.2 Å². The van der Waals surface area contributed by atoms with Gasteiger partial charge < -0.3 is 10.6 Å². The second kappa shape index (κ2) is 8.15. The van der Waals surface area contributed by atoms with Gasteiger partial charge in [0.2, 0.25) is 11.8 Å². The smallest absolute Gasteiger partial charge is 0.239 e. The molecule has 0 atom stereocenters. The van der Waals surface area contributed by atoms with Crippen molar-refractivity contribution in [2.45, 2.75) is 19.8 Å². The van der Waals surface area contributed by atoms with Crippen molar-refractivity contribution in [3.63, 3.8) is 0 Å². The van der Waals surface area contributed by atoms with Crippen LogP contribution in [0.4, 0.5) is 11.4 Å². The molecule has 2 rings (SSSR count). The molecule has 1 aromatic carbocycles. The highest BCUT2D eigenvalue weighted by atomic mass is 35.5. The van der Waals surface area contributed by atoms with Crippen molar-refractivity contribution in [1.82, 2.24) is 4.90 Å². The van der Waals surface area contributed by atoms with Gasteiger partial charge in [0.05, 0.1) is 6.54 Å². The molecule has 1 saturated heterocycles. The summed E-state index contributed by atoms with van der Waals surface area (Å²) in [5.41, 5.74) is 1.38. The van der Waals surface area contributed by atoms with Gasteiger partial charge in [-0.15, -0.1) is 11.6 Å². The molecule has 6 heteroatoms. The number of alkyl halides is 1. The van der Waals surface area contributed by atoms with Crippen LogP contribution in [0.25, 0.3) is 0 Å². The number of amides is 2. The molecule has 5 nitrogen and oxygen atoms in total. The number of nitrogens with zero attached hydrogens (tertiary/aromatic N) is 1. The second-order valence-corrected chi connectivity index (χ2v) is 6.03.